The van der Waals surface area contributed by atoms with Crippen molar-refractivity contribution in [3.8, 4) is 23.0 Å². The molecule has 2 aromatic rings. The molecule has 0 unspecified atom stereocenters. The highest BCUT2D eigenvalue weighted by atomic mass is 16.5. The summed E-state index contributed by atoms with van der Waals surface area (Å²) in [6.07, 6.45) is 2.74. The van der Waals surface area contributed by atoms with E-state index in [-0.39, 0.29) is 5.91 Å². The van der Waals surface area contributed by atoms with E-state index in [0.717, 1.165) is 19.3 Å². The highest BCUT2D eigenvalue weighted by Gasteiger charge is 2.39. The van der Waals surface area contributed by atoms with Crippen LogP contribution in [0.2, 0.25) is 0 Å². The summed E-state index contributed by atoms with van der Waals surface area (Å²) in [7, 11) is 3.02. The van der Waals surface area contributed by atoms with E-state index in [2.05, 4.69) is 15.5 Å². The van der Waals surface area contributed by atoms with Gasteiger partial charge < -0.3 is 25.0 Å². The fourth-order valence-corrected chi connectivity index (χ4v) is 2.69. The summed E-state index contributed by atoms with van der Waals surface area (Å²) >= 11 is 0. The molecule has 1 amide bonds. The quantitative estimate of drug-likeness (QED) is 0.861. The zero-order chi connectivity index (χ0) is 17.3. The number of hydrogen-bond donors (Lipinski definition) is 2. The summed E-state index contributed by atoms with van der Waals surface area (Å²) in [4.78, 5) is 15.8. The maximum absolute atomic E-state index is 11.4. The SMILES string of the molecule is COc1cc(-c2nc(C3(N)CCC3)no2)cc(NC(C)=O)c1OC. The van der Waals surface area contributed by atoms with Crippen LogP contribution in [0.3, 0.4) is 0 Å². The summed E-state index contributed by atoms with van der Waals surface area (Å²) in [5, 5.41) is 6.71. The second-order valence-electron chi connectivity index (χ2n) is 5.87. The van der Waals surface area contributed by atoms with Gasteiger partial charge in [0.15, 0.2) is 17.3 Å². The highest BCUT2D eigenvalue weighted by Crippen LogP contribution is 2.41. The number of rotatable bonds is 5. The first-order valence-electron chi connectivity index (χ1n) is 7.64. The van der Waals surface area contributed by atoms with Crippen molar-refractivity contribution in [2.24, 2.45) is 5.73 Å². The topological polar surface area (TPSA) is 113 Å². The Kier molecular flexibility index (Phi) is 4.15. The average Bonchev–Trinajstić information content (AvgIpc) is 3.01. The normalized spacial score (nSPS) is 15.5. The van der Waals surface area contributed by atoms with Crippen molar-refractivity contribution in [1.29, 1.82) is 0 Å². The van der Waals surface area contributed by atoms with Gasteiger partial charge in [0.05, 0.1) is 25.4 Å². The standard InChI is InChI=1S/C16H20N4O4/c1-9(21)18-11-7-10(8-12(22-2)13(11)23-3)14-19-15(20-24-14)16(17)5-4-6-16/h7-8H,4-6,17H2,1-3H3,(H,18,21). The van der Waals surface area contributed by atoms with Crippen molar-refractivity contribution in [3.63, 3.8) is 0 Å². The maximum Gasteiger partial charge on any atom is 0.258 e. The number of nitrogens with zero attached hydrogens (tertiary/aromatic N) is 2. The molecule has 24 heavy (non-hydrogen) atoms. The van der Waals surface area contributed by atoms with Crippen LogP contribution in [0.1, 0.15) is 32.0 Å². The molecule has 1 aromatic heterocycles. The summed E-state index contributed by atoms with van der Waals surface area (Å²) in [5.74, 6) is 1.46. The zero-order valence-corrected chi connectivity index (χ0v) is 13.9. The second-order valence-corrected chi connectivity index (χ2v) is 5.87. The van der Waals surface area contributed by atoms with E-state index in [9.17, 15) is 4.79 Å². The van der Waals surface area contributed by atoms with Crippen molar-refractivity contribution in [2.45, 2.75) is 31.7 Å². The average molecular weight is 332 g/mol. The van der Waals surface area contributed by atoms with Gasteiger partial charge >= 0.3 is 0 Å². The van der Waals surface area contributed by atoms with E-state index < -0.39 is 5.54 Å². The summed E-state index contributed by atoms with van der Waals surface area (Å²) in [6.45, 7) is 1.41. The van der Waals surface area contributed by atoms with Gasteiger partial charge in [0.2, 0.25) is 5.91 Å². The minimum Gasteiger partial charge on any atom is -0.493 e. The number of aromatic nitrogens is 2. The van der Waals surface area contributed by atoms with Crippen LogP contribution in [0, 0.1) is 0 Å². The molecule has 128 valence electrons. The summed E-state index contributed by atoms with van der Waals surface area (Å²) < 4.78 is 16.0. The molecule has 0 spiro atoms. The lowest BCUT2D eigenvalue weighted by Crippen LogP contribution is -2.44. The monoisotopic (exact) mass is 332 g/mol. The van der Waals surface area contributed by atoms with Gasteiger partial charge in [-0.15, -0.1) is 0 Å². The van der Waals surface area contributed by atoms with Gasteiger partial charge in [-0.05, 0) is 31.4 Å². The Morgan fingerprint density at radius 1 is 1.33 bits per heavy atom. The molecule has 8 nitrogen and oxygen atoms in total. The molecule has 3 N–H and O–H groups in total. The largest absolute Gasteiger partial charge is 0.493 e. The minimum absolute atomic E-state index is 0.228. The Morgan fingerprint density at radius 3 is 2.62 bits per heavy atom. The highest BCUT2D eigenvalue weighted by molar-refractivity contribution is 5.92. The lowest BCUT2D eigenvalue weighted by Gasteiger charge is -2.34. The third-order valence-electron chi connectivity index (χ3n) is 4.15. The van der Waals surface area contributed by atoms with Crippen LogP contribution in [0.4, 0.5) is 5.69 Å². The van der Waals surface area contributed by atoms with Crippen LogP contribution in [0.25, 0.3) is 11.5 Å². The number of amides is 1. The van der Waals surface area contributed by atoms with Crippen molar-refractivity contribution in [3.05, 3.63) is 18.0 Å². The minimum atomic E-state index is -0.501. The Labute approximate surface area is 139 Å². The Balaban J connectivity index is 2.02. The van der Waals surface area contributed by atoms with Crippen molar-refractivity contribution in [1.82, 2.24) is 10.1 Å². The van der Waals surface area contributed by atoms with E-state index in [0.29, 0.717) is 34.5 Å². The molecule has 1 aliphatic carbocycles. The maximum atomic E-state index is 11.4. The Bertz CT molecular complexity index is 767. The van der Waals surface area contributed by atoms with Gasteiger partial charge in [0.25, 0.3) is 5.89 Å². The van der Waals surface area contributed by atoms with E-state index in [4.69, 9.17) is 19.7 Å². The first-order chi connectivity index (χ1) is 11.5. The fourth-order valence-electron chi connectivity index (χ4n) is 2.69. The number of carbonyl (C=O) groups is 1. The molecule has 0 saturated heterocycles. The van der Waals surface area contributed by atoms with Gasteiger partial charge in [-0.3, -0.25) is 4.79 Å². The molecule has 0 bridgehead atoms. The van der Waals surface area contributed by atoms with Gasteiger partial charge in [0.1, 0.15) is 0 Å². The summed E-state index contributed by atoms with van der Waals surface area (Å²) in [5.41, 5.74) is 6.80. The molecule has 3 rings (SSSR count). The first-order valence-corrected chi connectivity index (χ1v) is 7.64. The third-order valence-corrected chi connectivity index (χ3v) is 4.15. The number of benzene rings is 1. The second kappa shape index (κ2) is 6.12. The predicted octanol–water partition coefficient (Wildman–Crippen LogP) is 2.05. The van der Waals surface area contributed by atoms with Crippen LogP contribution >= 0.6 is 0 Å². The fraction of sp³-hybridized carbons (Fsp3) is 0.438. The van der Waals surface area contributed by atoms with E-state index in [1.807, 2.05) is 0 Å². The van der Waals surface area contributed by atoms with Crippen LogP contribution in [-0.2, 0) is 10.3 Å². The van der Waals surface area contributed by atoms with E-state index >= 15 is 0 Å². The molecule has 8 heteroatoms. The molecular weight excluding hydrogens is 312 g/mol. The molecule has 1 fully saturated rings. The Morgan fingerprint density at radius 2 is 2.08 bits per heavy atom. The summed E-state index contributed by atoms with van der Waals surface area (Å²) in [6, 6.07) is 3.41. The molecule has 0 radical (unpaired) electrons. The zero-order valence-electron chi connectivity index (χ0n) is 13.9. The molecule has 0 atom stereocenters. The molecule has 1 heterocycles. The van der Waals surface area contributed by atoms with E-state index in [1.54, 1.807) is 12.1 Å². The number of nitrogens with one attached hydrogen (secondary N) is 1. The van der Waals surface area contributed by atoms with Crippen LogP contribution in [0.15, 0.2) is 16.7 Å². The van der Waals surface area contributed by atoms with Crippen molar-refractivity contribution < 1.29 is 18.8 Å². The molecule has 0 aliphatic heterocycles. The number of anilines is 1. The molecule has 1 saturated carbocycles. The number of methoxy groups -OCH3 is 2. The number of hydrogen-bond acceptors (Lipinski definition) is 7. The van der Waals surface area contributed by atoms with Crippen LogP contribution in [0.5, 0.6) is 11.5 Å². The van der Waals surface area contributed by atoms with E-state index in [1.165, 1.54) is 21.1 Å². The molecule has 1 aromatic carbocycles. The lowest BCUT2D eigenvalue weighted by molar-refractivity contribution is -0.114. The molecule has 1 aliphatic rings. The number of carbonyl (C=O) groups excluding carboxylic acids is 1. The first kappa shape index (κ1) is 16.3. The number of nitrogens with two attached hydrogens (primary N) is 1. The van der Waals surface area contributed by atoms with Crippen LogP contribution < -0.4 is 20.5 Å². The van der Waals surface area contributed by atoms with Gasteiger partial charge in [0, 0.05) is 12.5 Å². The van der Waals surface area contributed by atoms with Gasteiger partial charge in [-0.2, -0.15) is 4.98 Å². The predicted molar refractivity (Wildman–Crippen MR) is 86.9 cm³/mol. The lowest BCUT2D eigenvalue weighted by atomic mass is 9.77. The third kappa shape index (κ3) is 2.80. The molecular formula is C16H20N4O4. The van der Waals surface area contributed by atoms with Crippen LogP contribution in [-0.4, -0.2) is 30.3 Å². The Hall–Kier alpha value is -2.61. The number of ether oxygens (including phenoxy) is 2. The van der Waals surface area contributed by atoms with Crippen molar-refractivity contribution >= 4 is 11.6 Å². The van der Waals surface area contributed by atoms with Crippen molar-refractivity contribution in [2.75, 3.05) is 19.5 Å². The van der Waals surface area contributed by atoms with Gasteiger partial charge in [-0.1, -0.05) is 5.16 Å². The van der Waals surface area contributed by atoms with Gasteiger partial charge in [-0.25, -0.2) is 0 Å². The smallest absolute Gasteiger partial charge is 0.258 e.